The molecule has 0 bridgehead atoms. The molecule has 0 radical (unpaired) electrons. The van der Waals surface area contributed by atoms with Crippen molar-refractivity contribution in [2.24, 2.45) is 4.99 Å². The van der Waals surface area contributed by atoms with Crippen LogP contribution in [0, 0.1) is 11.8 Å². The molecule has 2 aromatic carbocycles. The van der Waals surface area contributed by atoms with Gasteiger partial charge < -0.3 is 14.8 Å². The van der Waals surface area contributed by atoms with Crippen molar-refractivity contribution >= 4 is 22.8 Å². The first-order valence-electron chi connectivity index (χ1n) is 9.43. The fourth-order valence-corrected chi connectivity index (χ4v) is 3.62. The van der Waals surface area contributed by atoms with Crippen molar-refractivity contribution < 1.29 is 14.3 Å². The fourth-order valence-electron chi connectivity index (χ4n) is 2.88. The van der Waals surface area contributed by atoms with Gasteiger partial charge in [-0.05, 0) is 42.3 Å². The lowest BCUT2D eigenvalue weighted by Gasteiger charge is -2.13. The van der Waals surface area contributed by atoms with Crippen molar-refractivity contribution in [3.63, 3.8) is 0 Å². The Hall–Kier alpha value is -2.91. The zero-order valence-electron chi connectivity index (χ0n) is 16.6. The normalized spacial score (nSPS) is 13.7. The molecule has 0 saturated carbocycles. The number of amides is 1. The predicted octanol–water partition coefficient (Wildman–Crippen LogP) is 3.99. The maximum Gasteiger partial charge on any atom is 0.227 e. The molecular formula is C23H24N2O3S. The van der Waals surface area contributed by atoms with E-state index in [1.165, 1.54) is 0 Å². The van der Waals surface area contributed by atoms with E-state index < -0.39 is 0 Å². The summed E-state index contributed by atoms with van der Waals surface area (Å²) in [4.78, 5) is 16.6. The van der Waals surface area contributed by atoms with Crippen LogP contribution in [0.5, 0.6) is 11.5 Å². The van der Waals surface area contributed by atoms with Gasteiger partial charge in [0.1, 0.15) is 18.1 Å². The summed E-state index contributed by atoms with van der Waals surface area (Å²) in [5.41, 5.74) is 2.06. The largest absolute Gasteiger partial charge is 0.497 e. The van der Waals surface area contributed by atoms with Gasteiger partial charge in [0.15, 0.2) is 5.17 Å². The number of rotatable bonds is 7. The number of nitrogens with zero attached hydrogens (tertiary/aromatic N) is 1. The van der Waals surface area contributed by atoms with E-state index >= 15 is 0 Å². The Morgan fingerprint density at radius 1 is 1.17 bits per heavy atom. The van der Waals surface area contributed by atoms with Crippen molar-refractivity contribution in [2.45, 2.75) is 25.9 Å². The van der Waals surface area contributed by atoms with Gasteiger partial charge in [-0.1, -0.05) is 41.9 Å². The third-order valence-corrected chi connectivity index (χ3v) is 5.28. The minimum atomic E-state index is -0.164. The van der Waals surface area contributed by atoms with Crippen LogP contribution in [0.15, 0.2) is 53.5 Å². The number of carbonyl (C=O) groups is 1. The van der Waals surface area contributed by atoms with E-state index in [9.17, 15) is 4.79 Å². The summed E-state index contributed by atoms with van der Waals surface area (Å²) in [6, 6.07) is 15.5. The van der Waals surface area contributed by atoms with E-state index in [1.807, 2.05) is 48.5 Å². The number of aliphatic imine (C=N–C) groups is 1. The summed E-state index contributed by atoms with van der Waals surface area (Å²) in [5, 5.41) is 3.58. The number of hydrogen-bond donors (Lipinski definition) is 1. The maximum absolute atomic E-state index is 12.3. The number of ether oxygens (including phenoxy) is 2. The molecule has 1 atom stereocenters. The quantitative estimate of drug-likeness (QED) is 0.704. The van der Waals surface area contributed by atoms with Gasteiger partial charge in [0.05, 0.1) is 19.6 Å². The third-order valence-electron chi connectivity index (χ3n) is 4.39. The van der Waals surface area contributed by atoms with Crippen molar-refractivity contribution in [1.29, 1.82) is 0 Å². The van der Waals surface area contributed by atoms with Crippen LogP contribution >= 0.6 is 11.8 Å². The van der Waals surface area contributed by atoms with E-state index in [0.29, 0.717) is 18.2 Å². The number of methoxy groups -OCH3 is 1. The Morgan fingerprint density at radius 2 is 1.90 bits per heavy atom. The molecule has 1 N–H and O–H groups in total. The second-order valence-electron chi connectivity index (χ2n) is 6.44. The Bertz CT molecular complexity index is 912. The molecule has 3 rings (SSSR count). The molecule has 2 aromatic rings. The van der Waals surface area contributed by atoms with Crippen LogP contribution < -0.4 is 14.8 Å². The lowest BCUT2D eigenvalue weighted by atomic mass is 9.96. The van der Waals surface area contributed by atoms with Crippen molar-refractivity contribution in [2.75, 3.05) is 19.4 Å². The second kappa shape index (κ2) is 10.6. The molecule has 0 saturated heterocycles. The van der Waals surface area contributed by atoms with Crippen LogP contribution in [0.4, 0.5) is 0 Å². The summed E-state index contributed by atoms with van der Waals surface area (Å²) >= 11 is 1.57. The van der Waals surface area contributed by atoms with Gasteiger partial charge >= 0.3 is 0 Å². The summed E-state index contributed by atoms with van der Waals surface area (Å²) in [6.45, 7) is 3.02. The van der Waals surface area contributed by atoms with Crippen LogP contribution in [0.2, 0.25) is 0 Å². The summed E-state index contributed by atoms with van der Waals surface area (Å²) in [5.74, 6) is 8.35. The molecule has 0 aromatic heterocycles. The predicted molar refractivity (Wildman–Crippen MR) is 117 cm³/mol. The van der Waals surface area contributed by atoms with E-state index in [1.54, 1.807) is 25.8 Å². The first-order valence-corrected chi connectivity index (χ1v) is 10.4. The Kier molecular flexibility index (Phi) is 7.60. The van der Waals surface area contributed by atoms with E-state index in [4.69, 9.17) is 9.47 Å². The standard InChI is InChI=1S/C23H24N2O3S/c1-3-4-19(15-22(26)25-23-24-13-14-29-23)18-7-11-21(12-8-18)28-16-17-5-9-20(27-2)10-6-17/h5-12,19H,13-16H2,1-2H3,(H,24,25,26). The minimum Gasteiger partial charge on any atom is -0.497 e. The summed E-state index contributed by atoms with van der Waals surface area (Å²) < 4.78 is 11.0. The van der Waals surface area contributed by atoms with Crippen LogP contribution in [-0.2, 0) is 11.4 Å². The van der Waals surface area contributed by atoms with E-state index in [0.717, 1.165) is 34.9 Å². The molecule has 0 aliphatic carbocycles. The minimum absolute atomic E-state index is 0.0641. The summed E-state index contributed by atoms with van der Waals surface area (Å²) in [7, 11) is 1.65. The summed E-state index contributed by atoms with van der Waals surface area (Å²) in [6.07, 6.45) is 0.298. The number of amidine groups is 1. The van der Waals surface area contributed by atoms with Crippen LogP contribution in [-0.4, -0.2) is 30.5 Å². The van der Waals surface area contributed by atoms with Gasteiger partial charge in [-0.15, -0.1) is 5.92 Å². The van der Waals surface area contributed by atoms with E-state index in [-0.39, 0.29) is 11.8 Å². The number of hydrogen-bond acceptors (Lipinski definition) is 5. The Balaban J connectivity index is 1.57. The SMILES string of the molecule is CC#CC(CC(=O)NC1=NCCS1)c1ccc(OCc2ccc(OC)cc2)cc1. The van der Waals surface area contributed by atoms with Crippen molar-refractivity contribution in [1.82, 2.24) is 5.32 Å². The van der Waals surface area contributed by atoms with Crippen molar-refractivity contribution in [3.8, 4) is 23.3 Å². The highest BCUT2D eigenvalue weighted by molar-refractivity contribution is 8.14. The van der Waals surface area contributed by atoms with Gasteiger partial charge in [0.2, 0.25) is 5.91 Å². The molecule has 29 heavy (non-hydrogen) atoms. The van der Waals surface area contributed by atoms with Gasteiger partial charge in [-0.2, -0.15) is 0 Å². The van der Waals surface area contributed by atoms with Gasteiger partial charge in [0.25, 0.3) is 0 Å². The van der Waals surface area contributed by atoms with E-state index in [2.05, 4.69) is 22.2 Å². The molecule has 1 amide bonds. The van der Waals surface area contributed by atoms with Crippen LogP contribution in [0.1, 0.15) is 30.4 Å². The first kappa shape index (κ1) is 20.8. The average Bonchev–Trinajstić information content (AvgIpc) is 3.25. The smallest absolute Gasteiger partial charge is 0.227 e. The molecule has 0 fully saturated rings. The molecule has 1 heterocycles. The maximum atomic E-state index is 12.3. The van der Waals surface area contributed by atoms with Crippen LogP contribution in [0.3, 0.4) is 0 Å². The molecule has 0 spiro atoms. The Morgan fingerprint density at radius 3 is 2.52 bits per heavy atom. The Labute approximate surface area is 175 Å². The molecule has 5 nitrogen and oxygen atoms in total. The second-order valence-corrected chi connectivity index (χ2v) is 7.52. The van der Waals surface area contributed by atoms with Crippen LogP contribution in [0.25, 0.3) is 0 Å². The monoisotopic (exact) mass is 408 g/mol. The number of thioether (sulfide) groups is 1. The molecule has 1 unspecified atom stereocenters. The number of benzene rings is 2. The average molecular weight is 409 g/mol. The lowest BCUT2D eigenvalue weighted by molar-refractivity contribution is -0.119. The molecular weight excluding hydrogens is 384 g/mol. The molecule has 150 valence electrons. The van der Waals surface area contributed by atoms with Crippen molar-refractivity contribution in [3.05, 3.63) is 59.7 Å². The highest BCUT2D eigenvalue weighted by atomic mass is 32.2. The highest BCUT2D eigenvalue weighted by Crippen LogP contribution is 2.23. The molecule has 1 aliphatic rings. The number of carbonyl (C=O) groups excluding carboxylic acids is 1. The zero-order chi connectivity index (χ0) is 20.5. The number of nitrogens with one attached hydrogen (secondary N) is 1. The molecule has 6 heteroatoms. The zero-order valence-corrected chi connectivity index (χ0v) is 17.4. The topological polar surface area (TPSA) is 59.9 Å². The molecule has 1 aliphatic heterocycles. The van der Waals surface area contributed by atoms with Gasteiger partial charge in [-0.25, -0.2) is 0 Å². The lowest BCUT2D eigenvalue weighted by Crippen LogP contribution is -2.28. The fraction of sp³-hybridized carbons (Fsp3) is 0.304. The van der Waals surface area contributed by atoms with Gasteiger partial charge in [0, 0.05) is 12.2 Å². The first-order chi connectivity index (χ1) is 14.2. The highest BCUT2D eigenvalue weighted by Gasteiger charge is 2.17. The van der Waals surface area contributed by atoms with Gasteiger partial charge in [-0.3, -0.25) is 9.79 Å². The third kappa shape index (κ3) is 6.30.